The first-order valence-corrected chi connectivity index (χ1v) is 8.78. The van der Waals surface area contributed by atoms with Gasteiger partial charge in [-0.15, -0.1) is 0 Å². The van der Waals surface area contributed by atoms with E-state index in [0.29, 0.717) is 23.7 Å². The van der Waals surface area contributed by atoms with Crippen LogP contribution in [0, 0.1) is 0 Å². The van der Waals surface area contributed by atoms with Crippen molar-refractivity contribution in [3.8, 4) is 0 Å². The second-order valence-corrected chi connectivity index (χ2v) is 6.72. The van der Waals surface area contributed by atoms with E-state index < -0.39 is 0 Å². The Morgan fingerprint density at radius 3 is 2.54 bits per heavy atom. The molecule has 0 radical (unpaired) electrons. The van der Waals surface area contributed by atoms with Gasteiger partial charge in [-0.2, -0.15) is 0 Å². The molecule has 0 saturated heterocycles. The van der Waals surface area contributed by atoms with Crippen LogP contribution in [-0.4, -0.2) is 19.9 Å². The zero-order chi connectivity index (χ0) is 17.9. The van der Waals surface area contributed by atoms with Crippen LogP contribution in [0.2, 0.25) is 5.02 Å². The van der Waals surface area contributed by atoms with Gasteiger partial charge in [-0.1, -0.05) is 41.9 Å². The van der Waals surface area contributed by atoms with Gasteiger partial charge in [0, 0.05) is 36.6 Å². The lowest BCUT2D eigenvalue weighted by Gasteiger charge is -2.10. The van der Waals surface area contributed by atoms with Gasteiger partial charge in [-0.25, -0.2) is 15.0 Å². The van der Waals surface area contributed by atoms with Crippen molar-refractivity contribution in [3.05, 3.63) is 88.7 Å². The highest BCUT2D eigenvalue weighted by molar-refractivity contribution is 6.31. The van der Waals surface area contributed by atoms with Gasteiger partial charge in [0.2, 0.25) is 0 Å². The summed E-state index contributed by atoms with van der Waals surface area (Å²) in [5, 5.41) is 1.64. The van der Waals surface area contributed by atoms with E-state index in [0.717, 1.165) is 22.2 Å². The number of rotatable bonds is 5. The molecule has 1 atom stereocenters. The molecular formula is C20H18ClN5. The highest BCUT2D eigenvalue weighted by Gasteiger charge is 2.11. The molecule has 0 aliphatic rings. The topological polar surface area (TPSA) is 80.5 Å². The van der Waals surface area contributed by atoms with E-state index in [1.807, 2.05) is 42.9 Å². The van der Waals surface area contributed by atoms with Gasteiger partial charge in [0.05, 0.1) is 11.1 Å². The standard InChI is InChI=1S/C20H18ClN5/c21-16-8-17-15(11-25-19(17)26-12-16)6-14-9-23-20(24-10-14)18(22)7-13-4-2-1-3-5-13/h1-5,8-12,18H,6-7,22H2,(H,25,26). The van der Waals surface area contributed by atoms with Crippen molar-refractivity contribution in [3.63, 3.8) is 0 Å². The summed E-state index contributed by atoms with van der Waals surface area (Å²) in [6.07, 6.45) is 8.68. The number of fused-ring (bicyclic) bond motifs is 1. The zero-order valence-electron chi connectivity index (χ0n) is 14.1. The maximum atomic E-state index is 6.25. The summed E-state index contributed by atoms with van der Waals surface area (Å²) in [7, 11) is 0. The minimum atomic E-state index is -0.220. The zero-order valence-corrected chi connectivity index (χ0v) is 14.8. The lowest BCUT2D eigenvalue weighted by Crippen LogP contribution is -2.16. The van der Waals surface area contributed by atoms with Crippen molar-refractivity contribution < 1.29 is 0 Å². The normalized spacial score (nSPS) is 12.4. The lowest BCUT2D eigenvalue weighted by atomic mass is 10.1. The number of halogens is 1. The Morgan fingerprint density at radius 1 is 1.00 bits per heavy atom. The van der Waals surface area contributed by atoms with Crippen LogP contribution in [0.5, 0.6) is 0 Å². The van der Waals surface area contributed by atoms with Crippen LogP contribution in [0.4, 0.5) is 0 Å². The van der Waals surface area contributed by atoms with E-state index in [-0.39, 0.29) is 6.04 Å². The summed E-state index contributed by atoms with van der Waals surface area (Å²) < 4.78 is 0. The summed E-state index contributed by atoms with van der Waals surface area (Å²) >= 11 is 6.06. The van der Waals surface area contributed by atoms with E-state index >= 15 is 0 Å². The predicted molar refractivity (Wildman–Crippen MR) is 103 cm³/mol. The summed E-state index contributed by atoms with van der Waals surface area (Å²) in [5.41, 5.74) is 10.4. The van der Waals surface area contributed by atoms with Crippen molar-refractivity contribution >= 4 is 22.6 Å². The first kappa shape index (κ1) is 16.7. The van der Waals surface area contributed by atoms with Gasteiger partial charge in [-0.05, 0) is 29.2 Å². The average molecular weight is 364 g/mol. The molecule has 0 bridgehead atoms. The third-order valence-corrected chi connectivity index (χ3v) is 4.54. The lowest BCUT2D eigenvalue weighted by molar-refractivity contribution is 0.665. The maximum Gasteiger partial charge on any atom is 0.145 e. The van der Waals surface area contributed by atoms with Crippen LogP contribution in [0.25, 0.3) is 11.0 Å². The van der Waals surface area contributed by atoms with Crippen molar-refractivity contribution in [2.45, 2.75) is 18.9 Å². The van der Waals surface area contributed by atoms with Gasteiger partial charge in [0.25, 0.3) is 0 Å². The number of nitrogens with one attached hydrogen (secondary N) is 1. The number of hydrogen-bond donors (Lipinski definition) is 2. The number of hydrogen-bond acceptors (Lipinski definition) is 4. The molecule has 3 N–H and O–H groups in total. The molecule has 4 rings (SSSR count). The van der Waals surface area contributed by atoms with Crippen molar-refractivity contribution in [1.29, 1.82) is 0 Å². The minimum Gasteiger partial charge on any atom is -0.346 e. The third kappa shape index (κ3) is 3.59. The first-order valence-electron chi connectivity index (χ1n) is 8.41. The molecule has 1 unspecified atom stereocenters. The SMILES string of the molecule is NC(Cc1ccccc1)c1ncc(Cc2c[nH]c3ncc(Cl)cc23)cn1. The molecule has 0 fully saturated rings. The number of aromatic nitrogens is 4. The number of aromatic amines is 1. The van der Waals surface area contributed by atoms with Crippen LogP contribution in [-0.2, 0) is 12.8 Å². The molecule has 5 nitrogen and oxygen atoms in total. The van der Waals surface area contributed by atoms with Gasteiger partial charge in [0.15, 0.2) is 0 Å². The van der Waals surface area contributed by atoms with Crippen LogP contribution < -0.4 is 5.73 Å². The molecule has 0 spiro atoms. The summed E-state index contributed by atoms with van der Waals surface area (Å²) in [5.74, 6) is 0.654. The fourth-order valence-corrected chi connectivity index (χ4v) is 3.16. The molecule has 1 aromatic carbocycles. The van der Waals surface area contributed by atoms with E-state index in [2.05, 4.69) is 32.1 Å². The molecule has 0 aliphatic heterocycles. The fourth-order valence-electron chi connectivity index (χ4n) is 3.01. The van der Waals surface area contributed by atoms with E-state index in [1.54, 1.807) is 6.20 Å². The van der Waals surface area contributed by atoms with Gasteiger partial charge < -0.3 is 10.7 Å². The Morgan fingerprint density at radius 2 is 1.77 bits per heavy atom. The van der Waals surface area contributed by atoms with Gasteiger partial charge in [-0.3, -0.25) is 0 Å². The molecular weight excluding hydrogens is 346 g/mol. The average Bonchev–Trinajstić information content (AvgIpc) is 3.05. The summed E-state index contributed by atoms with van der Waals surface area (Å²) in [6.45, 7) is 0. The number of benzene rings is 1. The fraction of sp³-hybridized carbons (Fsp3) is 0.150. The first-order chi connectivity index (χ1) is 12.7. The number of pyridine rings is 1. The van der Waals surface area contributed by atoms with Crippen molar-refractivity contribution in [2.24, 2.45) is 5.73 Å². The van der Waals surface area contributed by atoms with Crippen LogP contribution >= 0.6 is 11.6 Å². The van der Waals surface area contributed by atoms with Crippen LogP contribution in [0.3, 0.4) is 0 Å². The molecule has 0 aliphatic carbocycles. The Labute approximate surface area is 156 Å². The number of nitrogens with zero attached hydrogens (tertiary/aromatic N) is 3. The Kier molecular flexibility index (Phi) is 4.65. The summed E-state index contributed by atoms with van der Waals surface area (Å²) in [6, 6.07) is 11.8. The maximum absolute atomic E-state index is 6.25. The summed E-state index contributed by atoms with van der Waals surface area (Å²) in [4.78, 5) is 16.4. The largest absolute Gasteiger partial charge is 0.346 e. The smallest absolute Gasteiger partial charge is 0.145 e. The van der Waals surface area contributed by atoms with Gasteiger partial charge >= 0.3 is 0 Å². The van der Waals surface area contributed by atoms with Crippen LogP contribution in [0.15, 0.2) is 61.2 Å². The number of nitrogens with two attached hydrogens (primary N) is 1. The van der Waals surface area contributed by atoms with Crippen molar-refractivity contribution in [2.75, 3.05) is 0 Å². The quantitative estimate of drug-likeness (QED) is 0.564. The Bertz CT molecular complexity index is 1010. The van der Waals surface area contributed by atoms with Crippen molar-refractivity contribution in [1.82, 2.24) is 19.9 Å². The Hall–Kier alpha value is -2.76. The third-order valence-electron chi connectivity index (χ3n) is 4.33. The Balaban J connectivity index is 1.49. The molecule has 0 saturated carbocycles. The van der Waals surface area contributed by atoms with E-state index in [1.165, 1.54) is 5.56 Å². The monoisotopic (exact) mass is 363 g/mol. The molecule has 6 heteroatoms. The van der Waals surface area contributed by atoms with Gasteiger partial charge in [0.1, 0.15) is 11.5 Å². The number of H-pyrrole nitrogens is 1. The molecule has 0 amide bonds. The van der Waals surface area contributed by atoms with Crippen LogP contribution in [0.1, 0.15) is 28.6 Å². The van der Waals surface area contributed by atoms with E-state index in [4.69, 9.17) is 17.3 Å². The molecule has 130 valence electrons. The molecule has 4 aromatic rings. The second kappa shape index (κ2) is 7.23. The minimum absolute atomic E-state index is 0.220. The van der Waals surface area contributed by atoms with E-state index in [9.17, 15) is 0 Å². The predicted octanol–water partition coefficient (Wildman–Crippen LogP) is 3.84. The molecule has 26 heavy (non-hydrogen) atoms. The second-order valence-electron chi connectivity index (χ2n) is 6.29. The highest BCUT2D eigenvalue weighted by atomic mass is 35.5. The highest BCUT2D eigenvalue weighted by Crippen LogP contribution is 2.22. The molecule has 3 aromatic heterocycles. The molecule has 3 heterocycles.